The van der Waals surface area contributed by atoms with Gasteiger partial charge in [0, 0.05) is 6.92 Å². The number of benzene rings is 1. The van der Waals surface area contributed by atoms with Crippen molar-refractivity contribution in [3.05, 3.63) is 30.2 Å². The molecule has 2 rings (SSSR count). The number of para-hydroxylation sites is 1. The van der Waals surface area contributed by atoms with Crippen LogP contribution in [-0.2, 0) is 4.74 Å². The van der Waals surface area contributed by atoms with Gasteiger partial charge in [0.2, 0.25) is 11.8 Å². The Morgan fingerprint density at radius 2 is 2.05 bits per heavy atom. The lowest BCUT2D eigenvalue weighted by Crippen LogP contribution is -2.23. The van der Waals surface area contributed by atoms with Gasteiger partial charge < -0.3 is 9.15 Å². The van der Waals surface area contributed by atoms with Crippen molar-refractivity contribution in [2.45, 2.75) is 13.1 Å². The Morgan fingerprint density at radius 1 is 1.33 bits per heavy atom. The smallest absolute Gasteiger partial charge is 0.422 e. The molecule has 0 fully saturated rings. The molecule has 0 aliphatic heterocycles. The number of alkyl halides is 3. The predicted molar refractivity (Wildman–Crippen MR) is 65.5 cm³/mol. The number of hydrogen-bond donors (Lipinski definition) is 1. The van der Waals surface area contributed by atoms with Gasteiger partial charge in [0.1, 0.15) is 0 Å². The highest BCUT2D eigenvalue weighted by atomic mass is 19.4. The number of nitrogens with one attached hydrogen (secondary N) is 1. The summed E-state index contributed by atoms with van der Waals surface area (Å²) in [5.41, 5.74) is 0.579. The topological polar surface area (TPSA) is 77.2 Å². The fourth-order valence-corrected chi connectivity index (χ4v) is 1.48. The van der Waals surface area contributed by atoms with Crippen LogP contribution in [0.2, 0.25) is 0 Å². The zero-order valence-electron chi connectivity index (χ0n) is 10.8. The summed E-state index contributed by atoms with van der Waals surface area (Å²) in [6, 6.07) is 6.29. The molecule has 1 aromatic heterocycles. The highest BCUT2D eigenvalue weighted by molar-refractivity contribution is 5.90. The molecule has 2 aromatic rings. The van der Waals surface area contributed by atoms with Crippen LogP contribution < -0.4 is 5.32 Å². The third-order valence-electron chi connectivity index (χ3n) is 2.29. The SMILES string of the molecule is Cc1nnc(-c2ccccc2NC(=O)OCC(F)(F)F)o1. The highest BCUT2D eigenvalue weighted by Gasteiger charge is 2.29. The van der Waals surface area contributed by atoms with Crippen molar-refractivity contribution in [3.63, 3.8) is 0 Å². The van der Waals surface area contributed by atoms with Crippen molar-refractivity contribution in [2.75, 3.05) is 11.9 Å². The van der Waals surface area contributed by atoms with Crippen molar-refractivity contribution in [3.8, 4) is 11.5 Å². The molecule has 1 aromatic carbocycles. The minimum absolute atomic E-state index is 0.138. The van der Waals surface area contributed by atoms with Gasteiger partial charge in [-0.3, -0.25) is 5.32 Å². The lowest BCUT2D eigenvalue weighted by Gasteiger charge is -2.10. The van der Waals surface area contributed by atoms with Crippen LogP contribution in [-0.4, -0.2) is 29.1 Å². The Morgan fingerprint density at radius 3 is 2.67 bits per heavy atom. The van der Waals surface area contributed by atoms with Gasteiger partial charge in [-0.15, -0.1) is 10.2 Å². The Labute approximate surface area is 116 Å². The van der Waals surface area contributed by atoms with Crippen molar-refractivity contribution < 1.29 is 27.1 Å². The zero-order valence-corrected chi connectivity index (χ0v) is 10.8. The van der Waals surface area contributed by atoms with E-state index in [0.29, 0.717) is 11.5 Å². The first kappa shape index (κ1) is 14.8. The molecule has 0 unspecified atom stereocenters. The molecule has 1 N–H and O–H groups in total. The number of nitrogens with zero attached hydrogens (tertiary/aromatic N) is 2. The maximum Gasteiger partial charge on any atom is 0.422 e. The summed E-state index contributed by atoms with van der Waals surface area (Å²) in [5.74, 6) is 0.457. The average molecular weight is 301 g/mol. The van der Waals surface area contributed by atoms with Gasteiger partial charge in [0.25, 0.3) is 0 Å². The van der Waals surface area contributed by atoms with Gasteiger partial charge in [-0.05, 0) is 12.1 Å². The van der Waals surface area contributed by atoms with E-state index < -0.39 is 18.9 Å². The standard InChI is InChI=1S/C12H10F3N3O3/c1-7-17-18-10(21-7)8-4-2-3-5-9(8)16-11(19)20-6-12(13,14)15/h2-5H,6H2,1H3,(H,16,19). The van der Waals surface area contributed by atoms with Crippen molar-refractivity contribution in [1.82, 2.24) is 10.2 Å². The van der Waals surface area contributed by atoms with Gasteiger partial charge in [-0.1, -0.05) is 12.1 Å². The number of aromatic nitrogens is 2. The Hall–Kier alpha value is -2.58. The Bertz CT molecular complexity index is 640. The fraction of sp³-hybridized carbons (Fsp3) is 0.250. The third kappa shape index (κ3) is 4.20. The lowest BCUT2D eigenvalue weighted by atomic mass is 10.2. The summed E-state index contributed by atoms with van der Waals surface area (Å²) in [6.45, 7) is -0.0786. The van der Waals surface area contributed by atoms with Gasteiger partial charge >= 0.3 is 12.3 Å². The summed E-state index contributed by atoms with van der Waals surface area (Å²) in [7, 11) is 0. The fourth-order valence-electron chi connectivity index (χ4n) is 1.48. The largest absolute Gasteiger partial charge is 0.440 e. The predicted octanol–water partition coefficient (Wildman–Crippen LogP) is 3.16. The van der Waals surface area contributed by atoms with Gasteiger partial charge in [0.15, 0.2) is 6.61 Å². The molecule has 0 saturated carbocycles. The molecule has 0 bridgehead atoms. The second-order valence-corrected chi connectivity index (χ2v) is 3.99. The molecule has 0 atom stereocenters. The second-order valence-electron chi connectivity index (χ2n) is 3.99. The molecule has 0 aliphatic rings. The normalized spacial score (nSPS) is 11.2. The Kier molecular flexibility index (Phi) is 4.10. The van der Waals surface area contributed by atoms with Crippen LogP contribution in [0.1, 0.15) is 5.89 Å². The first-order chi connectivity index (χ1) is 9.85. The number of aryl methyl sites for hydroxylation is 1. The summed E-state index contributed by atoms with van der Waals surface area (Å²) >= 11 is 0. The van der Waals surface area contributed by atoms with Crippen molar-refractivity contribution in [2.24, 2.45) is 0 Å². The van der Waals surface area contributed by atoms with E-state index in [-0.39, 0.29) is 11.6 Å². The molecule has 1 heterocycles. The number of anilines is 1. The number of ether oxygens (including phenoxy) is 1. The molecule has 6 nitrogen and oxygen atoms in total. The lowest BCUT2D eigenvalue weighted by molar-refractivity contribution is -0.159. The van der Waals surface area contributed by atoms with E-state index >= 15 is 0 Å². The maximum atomic E-state index is 12.0. The molecular weight excluding hydrogens is 291 g/mol. The molecule has 0 saturated heterocycles. The number of hydrogen-bond acceptors (Lipinski definition) is 5. The number of halogens is 3. The number of rotatable bonds is 3. The van der Waals surface area contributed by atoms with E-state index in [0.717, 1.165) is 0 Å². The van der Waals surface area contributed by atoms with Crippen LogP contribution in [0.3, 0.4) is 0 Å². The van der Waals surface area contributed by atoms with Crippen molar-refractivity contribution in [1.29, 1.82) is 0 Å². The van der Waals surface area contributed by atoms with Gasteiger partial charge in [0.05, 0.1) is 11.3 Å². The summed E-state index contributed by atoms with van der Waals surface area (Å²) in [6.07, 6.45) is -5.81. The third-order valence-corrected chi connectivity index (χ3v) is 2.29. The zero-order chi connectivity index (χ0) is 15.5. The van der Waals surface area contributed by atoms with Gasteiger partial charge in [-0.25, -0.2) is 4.79 Å². The molecule has 9 heteroatoms. The van der Waals surface area contributed by atoms with Crippen LogP contribution in [0.4, 0.5) is 23.7 Å². The summed E-state index contributed by atoms with van der Waals surface area (Å²) < 4.78 is 45.2. The molecule has 0 aliphatic carbocycles. The van der Waals surface area contributed by atoms with Crippen molar-refractivity contribution >= 4 is 11.8 Å². The molecule has 1 amide bonds. The van der Waals surface area contributed by atoms with Crippen LogP contribution in [0.15, 0.2) is 28.7 Å². The van der Waals surface area contributed by atoms with Crippen LogP contribution >= 0.6 is 0 Å². The quantitative estimate of drug-likeness (QED) is 0.942. The minimum Gasteiger partial charge on any atom is -0.440 e. The van der Waals surface area contributed by atoms with E-state index in [2.05, 4.69) is 20.3 Å². The monoisotopic (exact) mass is 301 g/mol. The van der Waals surface area contributed by atoms with E-state index in [1.54, 1.807) is 25.1 Å². The molecule has 21 heavy (non-hydrogen) atoms. The number of carbonyl (C=O) groups excluding carboxylic acids is 1. The first-order valence-corrected chi connectivity index (χ1v) is 5.75. The number of carbonyl (C=O) groups is 1. The molecule has 0 spiro atoms. The summed E-state index contributed by atoms with van der Waals surface area (Å²) in [4.78, 5) is 11.3. The highest BCUT2D eigenvalue weighted by Crippen LogP contribution is 2.26. The summed E-state index contributed by atoms with van der Waals surface area (Å²) in [5, 5.41) is 9.62. The number of amides is 1. The molecule has 112 valence electrons. The maximum absolute atomic E-state index is 12.0. The van der Waals surface area contributed by atoms with E-state index in [4.69, 9.17) is 4.42 Å². The first-order valence-electron chi connectivity index (χ1n) is 5.75. The second kappa shape index (κ2) is 5.81. The Balaban J connectivity index is 2.12. The van der Waals surface area contributed by atoms with Crippen LogP contribution in [0.5, 0.6) is 0 Å². The minimum atomic E-state index is -4.58. The van der Waals surface area contributed by atoms with Crippen LogP contribution in [0.25, 0.3) is 11.5 Å². The van der Waals surface area contributed by atoms with E-state index in [1.807, 2.05) is 0 Å². The van der Waals surface area contributed by atoms with E-state index in [9.17, 15) is 18.0 Å². The molecular formula is C12H10F3N3O3. The van der Waals surface area contributed by atoms with Gasteiger partial charge in [-0.2, -0.15) is 13.2 Å². The van der Waals surface area contributed by atoms with Crippen LogP contribution in [0, 0.1) is 6.92 Å². The molecule has 0 radical (unpaired) electrons. The average Bonchev–Trinajstić information content (AvgIpc) is 2.83. The van der Waals surface area contributed by atoms with E-state index in [1.165, 1.54) is 6.07 Å².